The van der Waals surface area contributed by atoms with Crippen LogP contribution >= 0.6 is 0 Å². The van der Waals surface area contributed by atoms with Crippen LogP contribution in [0.1, 0.15) is 24.2 Å². The highest BCUT2D eigenvalue weighted by molar-refractivity contribution is 5.88. The fourth-order valence-electron chi connectivity index (χ4n) is 1.16. The number of nitrogens with one attached hydrogen (secondary N) is 1. The average Bonchev–Trinajstić information content (AvgIpc) is 2.19. The second-order valence-electron chi connectivity index (χ2n) is 3.66. The molecule has 16 heavy (non-hydrogen) atoms. The molecule has 0 unspecified atom stereocenters. The quantitative estimate of drug-likeness (QED) is 0.771. The van der Waals surface area contributed by atoms with E-state index in [2.05, 4.69) is 5.32 Å². The lowest BCUT2D eigenvalue weighted by molar-refractivity contribution is 0.0696. The molecular weight excluding hydrogens is 209 g/mol. The average molecular weight is 223 g/mol. The molecule has 0 bridgehead atoms. The van der Waals surface area contributed by atoms with Crippen molar-refractivity contribution in [3.05, 3.63) is 41.2 Å². The predicted molar refractivity (Wildman–Crippen MR) is 61.3 cm³/mol. The van der Waals surface area contributed by atoms with E-state index in [1.165, 1.54) is 12.1 Å². The van der Waals surface area contributed by atoms with Gasteiger partial charge in [0.15, 0.2) is 0 Å². The lowest BCUT2D eigenvalue weighted by Gasteiger charge is -2.05. The van der Waals surface area contributed by atoms with Crippen molar-refractivity contribution in [2.45, 2.75) is 13.8 Å². The van der Waals surface area contributed by atoms with Crippen molar-refractivity contribution in [3.63, 3.8) is 0 Å². The van der Waals surface area contributed by atoms with E-state index in [0.29, 0.717) is 12.2 Å². The van der Waals surface area contributed by atoms with Gasteiger partial charge in [-0.05, 0) is 32.0 Å². The van der Waals surface area contributed by atoms with Gasteiger partial charge in [-0.2, -0.15) is 0 Å². The summed E-state index contributed by atoms with van der Waals surface area (Å²) >= 11 is 0. The normalized spacial score (nSPS) is 9.69. The molecule has 0 heterocycles. The summed E-state index contributed by atoms with van der Waals surface area (Å²) in [6, 6.07) is 3.81. The zero-order valence-electron chi connectivity index (χ0n) is 9.25. The number of carboxylic acids is 1. The molecule has 4 heteroatoms. The van der Waals surface area contributed by atoms with Gasteiger partial charge in [-0.1, -0.05) is 11.6 Å². The monoisotopic (exact) mass is 223 g/mol. The zero-order chi connectivity index (χ0) is 12.1. The smallest absolute Gasteiger partial charge is 0.335 e. The molecule has 1 rings (SSSR count). The highest BCUT2D eigenvalue weighted by Crippen LogP contribution is 2.15. The van der Waals surface area contributed by atoms with E-state index < -0.39 is 11.8 Å². The molecule has 1 aromatic carbocycles. The van der Waals surface area contributed by atoms with Gasteiger partial charge in [0.1, 0.15) is 5.82 Å². The molecule has 0 saturated heterocycles. The van der Waals surface area contributed by atoms with E-state index in [1.54, 1.807) is 0 Å². The van der Waals surface area contributed by atoms with Crippen molar-refractivity contribution < 1.29 is 14.3 Å². The number of allylic oxidation sites excluding steroid dienone is 1. The van der Waals surface area contributed by atoms with Gasteiger partial charge in [-0.15, -0.1) is 0 Å². The van der Waals surface area contributed by atoms with Crippen molar-refractivity contribution in [2.75, 3.05) is 11.9 Å². The lowest BCUT2D eigenvalue weighted by atomic mass is 10.2. The summed E-state index contributed by atoms with van der Waals surface area (Å²) in [6.45, 7) is 4.42. The Kier molecular flexibility index (Phi) is 4.05. The van der Waals surface area contributed by atoms with Gasteiger partial charge in [0, 0.05) is 6.54 Å². The maximum absolute atomic E-state index is 13.4. The first-order valence-corrected chi connectivity index (χ1v) is 4.91. The number of hydrogen-bond donors (Lipinski definition) is 2. The van der Waals surface area contributed by atoms with Crippen LogP contribution in [-0.2, 0) is 0 Å². The number of carboxylic acid groups (broad SMARTS) is 1. The van der Waals surface area contributed by atoms with Gasteiger partial charge < -0.3 is 10.4 Å². The summed E-state index contributed by atoms with van der Waals surface area (Å²) in [5.41, 5.74) is 1.39. The van der Waals surface area contributed by atoms with E-state index in [-0.39, 0.29) is 5.56 Å². The Morgan fingerprint density at radius 2 is 2.19 bits per heavy atom. The van der Waals surface area contributed by atoms with Gasteiger partial charge in [0.25, 0.3) is 0 Å². The van der Waals surface area contributed by atoms with Crippen LogP contribution in [0.3, 0.4) is 0 Å². The molecular formula is C12H14FNO2. The number of halogens is 1. The number of rotatable bonds is 4. The van der Waals surface area contributed by atoms with E-state index >= 15 is 0 Å². The molecule has 0 aliphatic rings. The molecule has 0 aromatic heterocycles. The third-order valence-corrected chi connectivity index (χ3v) is 2.02. The van der Waals surface area contributed by atoms with Crippen molar-refractivity contribution in [3.8, 4) is 0 Å². The minimum absolute atomic E-state index is 0.0507. The summed E-state index contributed by atoms with van der Waals surface area (Å²) in [5.74, 6) is -1.68. The van der Waals surface area contributed by atoms with Crippen molar-refractivity contribution in [1.82, 2.24) is 0 Å². The van der Waals surface area contributed by atoms with Gasteiger partial charge in [-0.3, -0.25) is 0 Å². The molecule has 0 atom stereocenters. The fraction of sp³-hybridized carbons (Fsp3) is 0.250. The Labute approximate surface area is 93.6 Å². The van der Waals surface area contributed by atoms with Crippen LogP contribution in [0, 0.1) is 5.82 Å². The number of benzene rings is 1. The van der Waals surface area contributed by atoms with E-state index in [1.807, 2.05) is 19.9 Å². The molecule has 86 valence electrons. The maximum atomic E-state index is 13.4. The van der Waals surface area contributed by atoms with Gasteiger partial charge in [0.2, 0.25) is 0 Å². The van der Waals surface area contributed by atoms with Crippen LogP contribution < -0.4 is 5.32 Å². The molecule has 0 aliphatic carbocycles. The Morgan fingerprint density at radius 1 is 1.50 bits per heavy atom. The number of carbonyl (C=O) groups is 1. The van der Waals surface area contributed by atoms with Crippen molar-refractivity contribution in [1.29, 1.82) is 0 Å². The topological polar surface area (TPSA) is 49.3 Å². The van der Waals surface area contributed by atoms with Crippen LogP contribution in [0.4, 0.5) is 10.1 Å². The highest BCUT2D eigenvalue weighted by Gasteiger charge is 2.07. The van der Waals surface area contributed by atoms with E-state index in [4.69, 9.17) is 5.11 Å². The van der Waals surface area contributed by atoms with Crippen LogP contribution in [0.25, 0.3) is 0 Å². The maximum Gasteiger partial charge on any atom is 0.335 e. The molecule has 1 aromatic rings. The minimum atomic E-state index is -1.13. The predicted octanol–water partition coefficient (Wildman–Crippen LogP) is 2.90. The molecule has 0 amide bonds. The molecule has 0 aliphatic heterocycles. The number of aromatic carboxylic acids is 1. The SMILES string of the molecule is CC(C)=CCNc1ccc(C(=O)O)cc1F. The van der Waals surface area contributed by atoms with Gasteiger partial charge in [0.05, 0.1) is 11.3 Å². The number of hydrogen-bond acceptors (Lipinski definition) is 2. The minimum Gasteiger partial charge on any atom is -0.478 e. The van der Waals surface area contributed by atoms with Gasteiger partial charge >= 0.3 is 5.97 Å². The summed E-state index contributed by atoms with van der Waals surface area (Å²) in [6.07, 6.45) is 1.92. The summed E-state index contributed by atoms with van der Waals surface area (Å²) < 4.78 is 13.4. The number of anilines is 1. The zero-order valence-corrected chi connectivity index (χ0v) is 9.25. The third kappa shape index (κ3) is 3.38. The molecule has 2 N–H and O–H groups in total. The van der Waals surface area contributed by atoms with Crippen molar-refractivity contribution >= 4 is 11.7 Å². The molecule has 0 saturated carbocycles. The molecule has 3 nitrogen and oxygen atoms in total. The van der Waals surface area contributed by atoms with E-state index in [9.17, 15) is 9.18 Å². The summed E-state index contributed by atoms with van der Waals surface area (Å²) in [5, 5.41) is 11.5. The molecule has 0 spiro atoms. The Hall–Kier alpha value is -1.84. The first kappa shape index (κ1) is 12.2. The van der Waals surface area contributed by atoms with Gasteiger partial charge in [-0.25, -0.2) is 9.18 Å². The Balaban J connectivity index is 2.75. The largest absolute Gasteiger partial charge is 0.478 e. The van der Waals surface area contributed by atoms with Crippen molar-refractivity contribution in [2.24, 2.45) is 0 Å². The van der Waals surface area contributed by atoms with Crippen LogP contribution in [0.15, 0.2) is 29.8 Å². The first-order chi connectivity index (χ1) is 7.50. The Morgan fingerprint density at radius 3 is 2.69 bits per heavy atom. The lowest BCUT2D eigenvalue weighted by Crippen LogP contribution is -2.03. The standard InChI is InChI=1S/C12H14FNO2/c1-8(2)5-6-14-11-4-3-9(12(15)16)7-10(11)13/h3-5,7,14H,6H2,1-2H3,(H,15,16). The van der Waals surface area contributed by atoms with Crippen LogP contribution in [0.2, 0.25) is 0 Å². The van der Waals surface area contributed by atoms with Crippen LogP contribution in [0.5, 0.6) is 0 Å². The molecule has 0 radical (unpaired) electrons. The third-order valence-electron chi connectivity index (χ3n) is 2.02. The first-order valence-electron chi connectivity index (χ1n) is 4.91. The fourth-order valence-corrected chi connectivity index (χ4v) is 1.16. The van der Waals surface area contributed by atoms with E-state index in [0.717, 1.165) is 11.6 Å². The Bertz CT molecular complexity index is 423. The summed E-state index contributed by atoms with van der Waals surface area (Å²) in [4.78, 5) is 10.6. The second-order valence-corrected chi connectivity index (χ2v) is 3.66. The second kappa shape index (κ2) is 5.30. The summed E-state index contributed by atoms with van der Waals surface area (Å²) in [7, 11) is 0. The molecule has 0 fully saturated rings. The van der Waals surface area contributed by atoms with Crippen LogP contribution in [-0.4, -0.2) is 17.6 Å². The highest BCUT2D eigenvalue weighted by atomic mass is 19.1.